The van der Waals surface area contributed by atoms with Crippen molar-refractivity contribution in [1.29, 1.82) is 0 Å². The highest BCUT2D eigenvalue weighted by Crippen LogP contribution is 2.26. The lowest BCUT2D eigenvalue weighted by Crippen LogP contribution is -2.41. The predicted octanol–water partition coefficient (Wildman–Crippen LogP) is 2.01. The molecule has 0 radical (unpaired) electrons. The molecule has 0 saturated carbocycles. The molecule has 82 valence electrons. The van der Waals surface area contributed by atoms with Crippen molar-refractivity contribution in [3.8, 4) is 0 Å². The first kappa shape index (κ1) is 10.5. The topological polar surface area (TPSA) is 21.3 Å². The van der Waals surface area contributed by atoms with Gasteiger partial charge in [-0.2, -0.15) is 0 Å². The number of halogens is 2. The normalized spacial score (nSPS) is 26.6. The Kier molecular flexibility index (Phi) is 2.98. The zero-order valence-corrected chi connectivity index (χ0v) is 8.47. The van der Waals surface area contributed by atoms with Gasteiger partial charge in [0.2, 0.25) is 0 Å². The fourth-order valence-corrected chi connectivity index (χ4v) is 1.82. The largest absolute Gasteiger partial charge is 0.370 e. The molecule has 1 aromatic carbocycles. The van der Waals surface area contributed by atoms with E-state index < -0.39 is 11.6 Å². The second-order valence-corrected chi connectivity index (χ2v) is 3.70. The van der Waals surface area contributed by atoms with Crippen molar-refractivity contribution in [3.05, 3.63) is 35.4 Å². The minimum absolute atomic E-state index is 0.0405. The predicted molar refractivity (Wildman–Crippen MR) is 52.5 cm³/mol. The van der Waals surface area contributed by atoms with Crippen LogP contribution in [0.2, 0.25) is 0 Å². The Hall–Kier alpha value is -1.00. The van der Waals surface area contributed by atoms with Crippen molar-refractivity contribution in [3.63, 3.8) is 0 Å². The van der Waals surface area contributed by atoms with Crippen LogP contribution in [0.3, 0.4) is 0 Å². The standard InChI is InChI=1S/C11H13F2NO/c1-7-11(15-5-4-14-7)9-3-2-8(12)6-10(9)13/h2-3,6-7,11,14H,4-5H2,1H3. The van der Waals surface area contributed by atoms with Gasteiger partial charge in [-0.15, -0.1) is 0 Å². The molecule has 0 aliphatic carbocycles. The van der Waals surface area contributed by atoms with Gasteiger partial charge >= 0.3 is 0 Å². The van der Waals surface area contributed by atoms with E-state index in [1.165, 1.54) is 12.1 Å². The summed E-state index contributed by atoms with van der Waals surface area (Å²) in [7, 11) is 0. The molecule has 4 heteroatoms. The van der Waals surface area contributed by atoms with Crippen LogP contribution in [0.4, 0.5) is 8.78 Å². The van der Waals surface area contributed by atoms with Crippen LogP contribution in [0.5, 0.6) is 0 Å². The highest BCUT2D eigenvalue weighted by molar-refractivity contribution is 5.22. The van der Waals surface area contributed by atoms with Crippen LogP contribution in [-0.4, -0.2) is 19.2 Å². The fraction of sp³-hybridized carbons (Fsp3) is 0.455. The van der Waals surface area contributed by atoms with E-state index in [9.17, 15) is 8.78 Å². The maximum absolute atomic E-state index is 13.5. The molecule has 1 fully saturated rings. The van der Waals surface area contributed by atoms with Crippen molar-refractivity contribution in [1.82, 2.24) is 5.32 Å². The minimum atomic E-state index is -0.562. The lowest BCUT2D eigenvalue weighted by molar-refractivity contribution is -0.00231. The molecule has 0 spiro atoms. The third kappa shape index (κ3) is 2.16. The molecule has 2 nitrogen and oxygen atoms in total. The molecule has 0 bridgehead atoms. The van der Waals surface area contributed by atoms with E-state index >= 15 is 0 Å². The third-order valence-corrected chi connectivity index (χ3v) is 2.59. The number of hydrogen-bond donors (Lipinski definition) is 1. The Bertz CT molecular complexity index is 356. The van der Waals surface area contributed by atoms with Crippen LogP contribution < -0.4 is 5.32 Å². The molecule has 1 aliphatic rings. The summed E-state index contributed by atoms with van der Waals surface area (Å²) in [5, 5.41) is 3.19. The SMILES string of the molecule is CC1NCCOC1c1ccc(F)cc1F. The van der Waals surface area contributed by atoms with Crippen molar-refractivity contribution in [2.75, 3.05) is 13.2 Å². The Labute approximate surface area is 87.2 Å². The molecule has 1 saturated heterocycles. The summed E-state index contributed by atoms with van der Waals surface area (Å²) in [5.74, 6) is -1.11. The Morgan fingerprint density at radius 1 is 1.40 bits per heavy atom. The second-order valence-electron chi connectivity index (χ2n) is 3.70. The summed E-state index contributed by atoms with van der Waals surface area (Å²) in [6.45, 7) is 3.24. The smallest absolute Gasteiger partial charge is 0.131 e. The first-order chi connectivity index (χ1) is 7.18. The van der Waals surface area contributed by atoms with E-state index in [1.807, 2.05) is 6.92 Å². The van der Waals surface area contributed by atoms with Gasteiger partial charge < -0.3 is 10.1 Å². The number of nitrogens with one attached hydrogen (secondary N) is 1. The fourth-order valence-electron chi connectivity index (χ4n) is 1.82. The van der Waals surface area contributed by atoms with E-state index in [0.717, 1.165) is 12.6 Å². The second kappa shape index (κ2) is 4.24. The van der Waals surface area contributed by atoms with Gasteiger partial charge in [-0.3, -0.25) is 0 Å². The van der Waals surface area contributed by atoms with Crippen LogP contribution in [0.1, 0.15) is 18.6 Å². The summed E-state index contributed by atoms with van der Waals surface area (Å²) in [6.07, 6.45) is -0.334. The van der Waals surface area contributed by atoms with Crippen molar-refractivity contribution < 1.29 is 13.5 Å². The molecule has 1 heterocycles. The third-order valence-electron chi connectivity index (χ3n) is 2.59. The van der Waals surface area contributed by atoms with Gasteiger partial charge in [0.1, 0.15) is 17.7 Å². The van der Waals surface area contributed by atoms with Gasteiger partial charge in [-0.1, -0.05) is 6.07 Å². The van der Waals surface area contributed by atoms with Crippen molar-refractivity contribution >= 4 is 0 Å². The van der Waals surface area contributed by atoms with Gasteiger partial charge in [-0.05, 0) is 13.0 Å². The van der Waals surface area contributed by atoms with E-state index in [-0.39, 0.29) is 12.1 Å². The van der Waals surface area contributed by atoms with Crippen LogP contribution >= 0.6 is 0 Å². The number of ether oxygens (including phenoxy) is 1. The summed E-state index contributed by atoms with van der Waals surface area (Å²) < 4.78 is 31.6. The highest BCUT2D eigenvalue weighted by atomic mass is 19.1. The number of morpholine rings is 1. The van der Waals surface area contributed by atoms with Crippen molar-refractivity contribution in [2.45, 2.75) is 19.1 Å². The monoisotopic (exact) mass is 213 g/mol. The van der Waals surface area contributed by atoms with Crippen LogP contribution in [0.25, 0.3) is 0 Å². The Morgan fingerprint density at radius 3 is 2.87 bits per heavy atom. The van der Waals surface area contributed by atoms with Crippen LogP contribution in [0.15, 0.2) is 18.2 Å². The zero-order chi connectivity index (χ0) is 10.8. The minimum Gasteiger partial charge on any atom is -0.370 e. The van der Waals surface area contributed by atoms with E-state index in [0.29, 0.717) is 12.2 Å². The van der Waals surface area contributed by atoms with Gasteiger partial charge in [0.15, 0.2) is 0 Å². The quantitative estimate of drug-likeness (QED) is 0.770. The summed E-state index contributed by atoms with van der Waals surface area (Å²) >= 11 is 0. The average molecular weight is 213 g/mol. The summed E-state index contributed by atoms with van der Waals surface area (Å²) in [4.78, 5) is 0. The highest BCUT2D eigenvalue weighted by Gasteiger charge is 2.25. The molecule has 1 aromatic rings. The van der Waals surface area contributed by atoms with Gasteiger partial charge in [0, 0.05) is 24.2 Å². The zero-order valence-electron chi connectivity index (χ0n) is 8.47. The molecule has 1 N–H and O–H groups in total. The van der Waals surface area contributed by atoms with E-state index in [2.05, 4.69) is 5.32 Å². The molecular formula is C11H13F2NO. The van der Waals surface area contributed by atoms with E-state index in [4.69, 9.17) is 4.74 Å². The summed E-state index contributed by atoms with van der Waals surface area (Å²) in [6, 6.07) is 3.63. The van der Waals surface area contributed by atoms with Gasteiger partial charge in [0.25, 0.3) is 0 Å². The first-order valence-corrected chi connectivity index (χ1v) is 4.98. The van der Waals surface area contributed by atoms with Crippen LogP contribution in [-0.2, 0) is 4.74 Å². The Balaban J connectivity index is 2.27. The summed E-state index contributed by atoms with van der Waals surface area (Å²) in [5.41, 5.74) is 0.413. The molecule has 0 aromatic heterocycles. The average Bonchev–Trinajstić information content (AvgIpc) is 2.20. The van der Waals surface area contributed by atoms with Crippen LogP contribution in [0, 0.1) is 11.6 Å². The molecule has 2 atom stereocenters. The lowest BCUT2D eigenvalue weighted by atomic mass is 10.0. The van der Waals surface area contributed by atoms with Gasteiger partial charge in [-0.25, -0.2) is 8.78 Å². The molecule has 0 amide bonds. The molecular weight excluding hydrogens is 200 g/mol. The molecule has 15 heavy (non-hydrogen) atoms. The van der Waals surface area contributed by atoms with Crippen molar-refractivity contribution in [2.24, 2.45) is 0 Å². The van der Waals surface area contributed by atoms with E-state index in [1.54, 1.807) is 0 Å². The lowest BCUT2D eigenvalue weighted by Gasteiger charge is -2.30. The maximum atomic E-state index is 13.5. The molecule has 2 rings (SSSR count). The number of benzene rings is 1. The number of rotatable bonds is 1. The molecule has 1 aliphatic heterocycles. The number of hydrogen-bond acceptors (Lipinski definition) is 2. The Morgan fingerprint density at radius 2 is 2.20 bits per heavy atom. The maximum Gasteiger partial charge on any atom is 0.131 e. The molecule has 2 unspecified atom stereocenters. The van der Waals surface area contributed by atoms with Gasteiger partial charge in [0.05, 0.1) is 6.61 Å². The first-order valence-electron chi connectivity index (χ1n) is 4.98.